The number of alkyl halides is 1. The average Bonchev–Trinajstić information content (AvgIpc) is 2.47. The highest BCUT2D eigenvalue weighted by molar-refractivity contribution is 9.08. The van der Waals surface area contributed by atoms with Gasteiger partial charge in [0, 0.05) is 21.5 Å². The molecular formula is C15H13BrClFO2. The first-order valence-electron chi connectivity index (χ1n) is 5.94. The van der Waals surface area contributed by atoms with E-state index in [4.69, 9.17) is 21.1 Å². The zero-order chi connectivity index (χ0) is 14.5. The highest BCUT2D eigenvalue weighted by Gasteiger charge is 2.11. The summed E-state index contributed by atoms with van der Waals surface area (Å²) >= 11 is 9.42. The van der Waals surface area contributed by atoms with Crippen molar-refractivity contribution in [3.8, 4) is 11.5 Å². The third kappa shape index (κ3) is 3.44. The molecule has 0 aromatic heterocycles. The maximum absolute atomic E-state index is 13.2. The van der Waals surface area contributed by atoms with Gasteiger partial charge in [0.25, 0.3) is 0 Å². The van der Waals surface area contributed by atoms with Gasteiger partial charge in [0.1, 0.15) is 12.4 Å². The lowest BCUT2D eigenvalue weighted by Gasteiger charge is -2.14. The number of benzene rings is 2. The van der Waals surface area contributed by atoms with Crippen LogP contribution in [-0.2, 0) is 11.9 Å². The molecule has 0 spiro atoms. The lowest BCUT2D eigenvalue weighted by atomic mass is 10.2. The molecule has 2 nitrogen and oxygen atoms in total. The minimum atomic E-state index is -0.339. The van der Waals surface area contributed by atoms with E-state index in [1.54, 1.807) is 7.11 Å². The molecule has 0 radical (unpaired) electrons. The van der Waals surface area contributed by atoms with Gasteiger partial charge in [-0.1, -0.05) is 39.7 Å². The lowest BCUT2D eigenvalue weighted by Crippen LogP contribution is -2.01. The van der Waals surface area contributed by atoms with Gasteiger partial charge in [-0.3, -0.25) is 0 Å². The van der Waals surface area contributed by atoms with Crippen molar-refractivity contribution in [3.63, 3.8) is 0 Å². The summed E-state index contributed by atoms with van der Waals surface area (Å²) in [6, 6.07) is 9.83. The number of rotatable bonds is 5. The van der Waals surface area contributed by atoms with Crippen LogP contribution in [0.15, 0.2) is 36.4 Å². The van der Waals surface area contributed by atoms with Crippen LogP contribution >= 0.6 is 27.5 Å². The first-order chi connectivity index (χ1) is 9.65. The molecule has 0 heterocycles. The third-order valence-corrected chi connectivity index (χ3v) is 3.78. The maximum atomic E-state index is 13.2. The molecule has 0 fully saturated rings. The lowest BCUT2D eigenvalue weighted by molar-refractivity contribution is 0.282. The van der Waals surface area contributed by atoms with Gasteiger partial charge in [-0.2, -0.15) is 0 Å². The molecule has 0 aliphatic carbocycles. The van der Waals surface area contributed by atoms with E-state index in [0.717, 1.165) is 5.56 Å². The summed E-state index contributed by atoms with van der Waals surface area (Å²) in [6.07, 6.45) is 0. The SMILES string of the molecule is COc1cccc(CBr)c1OCc1cc(F)ccc1Cl. The van der Waals surface area contributed by atoms with Gasteiger partial charge >= 0.3 is 0 Å². The van der Waals surface area contributed by atoms with Crippen molar-refractivity contribution in [2.45, 2.75) is 11.9 Å². The van der Waals surface area contributed by atoms with Gasteiger partial charge in [-0.05, 0) is 24.3 Å². The van der Waals surface area contributed by atoms with Gasteiger partial charge in [0.05, 0.1) is 7.11 Å². The molecule has 5 heteroatoms. The molecular weight excluding hydrogens is 347 g/mol. The van der Waals surface area contributed by atoms with Crippen molar-refractivity contribution in [2.75, 3.05) is 7.11 Å². The van der Waals surface area contributed by atoms with E-state index < -0.39 is 0 Å². The van der Waals surface area contributed by atoms with Crippen molar-refractivity contribution in [1.29, 1.82) is 0 Å². The Morgan fingerprint density at radius 3 is 2.70 bits per heavy atom. The van der Waals surface area contributed by atoms with Crippen LogP contribution in [0.5, 0.6) is 11.5 Å². The van der Waals surface area contributed by atoms with Crippen LogP contribution in [0.25, 0.3) is 0 Å². The van der Waals surface area contributed by atoms with E-state index in [-0.39, 0.29) is 12.4 Å². The van der Waals surface area contributed by atoms with Gasteiger partial charge in [-0.25, -0.2) is 4.39 Å². The predicted molar refractivity (Wildman–Crippen MR) is 81.4 cm³/mol. The molecule has 0 amide bonds. The number of ether oxygens (including phenoxy) is 2. The standard InChI is InChI=1S/C15H13BrClFO2/c1-19-14-4-2-3-10(8-16)15(14)20-9-11-7-12(18)5-6-13(11)17/h2-7H,8-9H2,1H3. The van der Waals surface area contributed by atoms with Crippen molar-refractivity contribution in [2.24, 2.45) is 0 Å². The van der Waals surface area contributed by atoms with Crippen molar-refractivity contribution >= 4 is 27.5 Å². The van der Waals surface area contributed by atoms with Gasteiger partial charge in [0.2, 0.25) is 0 Å². The number of hydrogen-bond donors (Lipinski definition) is 0. The fourth-order valence-electron chi connectivity index (χ4n) is 1.79. The van der Waals surface area contributed by atoms with Crippen molar-refractivity contribution in [1.82, 2.24) is 0 Å². The second kappa shape index (κ2) is 6.95. The van der Waals surface area contributed by atoms with E-state index >= 15 is 0 Å². The summed E-state index contributed by atoms with van der Waals surface area (Å²) in [6.45, 7) is 0.178. The quantitative estimate of drug-likeness (QED) is 0.702. The molecule has 106 valence electrons. The number of halogens is 3. The summed E-state index contributed by atoms with van der Waals surface area (Å²) < 4.78 is 24.3. The second-order valence-electron chi connectivity index (χ2n) is 4.11. The van der Waals surface area contributed by atoms with E-state index in [2.05, 4.69) is 15.9 Å². The monoisotopic (exact) mass is 358 g/mol. The molecule has 0 aliphatic rings. The summed E-state index contributed by atoms with van der Waals surface area (Å²) in [5.41, 5.74) is 1.55. The number of hydrogen-bond acceptors (Lipinski definition) is 2. The summed E-state index contributed by atoms with van der Waals surface area (Å²) in [7, 11) is 1.58. The normalized spacial score (nSPS) is 10.4. The maximum Gasteiger partial charge on any atom is 0.165 e. The zero-order valence-electron chi connectivity index (χ0n) is 10.8. The third-order valence-electron chi connectivity index (χ3n) is 2.80. The van der Waals surface area contributed by atoms with Crippen LogP contribution in [-0.4, -0.2) is 7.11 Å². The van der Waals surface area contributed by atoms with Crippen LogP contribution in [0, 0.1) is 5.82 Å². The van der Waals surface area contributed by atoms with Crippen molar-refractivity contribution < 1.29 is 13.9 Å². The minimum Gasteiger partial charge on any atom is -0.493 e. The smallest absolute Gasteiger partial charge is 0.165 e. The predicted octanol–water partition coefficient (Wildman–Crippen LogP) is 4.96. The molecule has 0 atom stereocenters. The first kappa shape index (κ1) is 15.1. The van der Waals surface area contributed by atoms with E-state index in [0.29, 0.717) is 27.4 Å². The van der Waals surface area contributed by atoms with Gasteiger partial charge < -0.3 is 9.47 Å². The Hall–Kier alpha value is -1.26. The first-order valence-corrected chi connectivity index (χ1v) is 7.44. The molecule has 0 saturated heterocycles. The van der Waals surface area contributed by atoms with Crippen LogP contribution in [0.4, 0.5) is 4.39 Å². The molecule has 2 aromatic rings. The molecule has 20 heavy (non-hydrogen) atoms. The van der Waals surface area contributed by atoms with Gasteiger partial charge in [0.15, 0.2) is 11.5 Å². The number of para-hydroxylation sites is 1. The van der Waals surface area contributed by atoms with Gasteiger partial charge in [-0.15, -0.1) is 0 Å². The Labute approximate surface area is 130 Å². The largest absolute Gasteiger partial charge is 0.493 e. The molecule has 0 unspecified atom stereocenters. The Morgan fingerprint density at radius 2 is 2.00 bits per heavy atom. The summed E-state index contributed by atoms with van der Waals surface area (Å²) in [5.74, 6) is 0.926. The Bertz CT molecular complexity index is 582. The molecule has 0 N–H and O–H groups in total. The van der Waals surface area contributed by atoms with E-state index in [1.807, 2.05) is 18.2 Å². The molecule has 2 aromatic carbocycles. The van der Waals surface area contributed by atoms with E-state index in [1.165, 1.54) is 18.2 Å². The van der Waals surface area contributed by atoms with Crippen LogP contribution in [0.3, 0.4) is 0 Å². The average molecular weight is 360 g/mol. The Kier molecular flexibility index (Phi) is 5.26. The highest BCUT2D eigenvalue weighted by Crippen LogP contribution is 2.33. The second-order valence-corrected chi connectivity index (χ2v) is 5.07. The molecule has 0 aliphatic heterocycles. The number of methoxy groups -OCH3 is 1. The molecule has 0 saturated carbocycles. The Morgan fingerprint density at radius 1 is 1.20 bits per heavy atom. The fourth-order valence-corrected chi connectivity index (χ4v) is 2.41. The summed E-state index contributed by atoms with van der Waals surface area (Å²) in [4.78, 5) is 0. The summed E-state index contributed by atoms with van der Waals surface area (Å²) in [5, 5.41) is 1.11. The minimum absolute atomic E-state index is 0.178. The topological polar surface area (TPSA) is 18.5 Å². The fraction of sp³-hybridized carbons (Fsp3) is 0.200. The van der Waals surface area contributed by atoms with Crippen LogP contribution < -0.4 is 9.47 Å². The highest BCUT2D eigenvalue weighted by atomic mass is 79.9. The van der Waals surface area contributed by atoms with Crippen molar-refractivity contribution in [3.05, 3.63) is 58.4 Å². The van der Waals surface area contributed by atoms with E-state index in [9.17, 15) is 4.39 Å². The molecule has 2 rings (SSSR count). The van der Waals surface area contributed by atoms with Crippen LogP contribution in [0.1, 0.15) is 11.1 Å². The zero-order valence-corrected chi connectivity index (χ0v) is 13.2. The Balaban J connectivity index is 2.24. The molecule has 0 bridgehead atoms. The van der Waals surface area contributed by atoms with Crippen LogP contribution in [0.2, 0.25) is 5.02 Å².